The van der Waals surface area contributed by atoms with Crippen LogP contribution in [0, 0.1) is 0 Å². The number of fused-ring (bicyclic) bond motifs is 1. The Bertz CT molecular complexity index is 856. The highest BCUT2D eigenvalue weighted by molar-refractivity contribution is 7.27. The van der Waals surface area contributed by atoms with Crippen LogP contribution in [-0.2, 0) is 0 Å². The van der Waals surface area contributed by atoms with E-state index in [4.69, 9.17) is 27.9 Å². The lowest BCUT2D eigenvalue weighted by Gasteiger charge is -2.07. The first kappa shape index (κ1) is 21.2. The van der Waals surface area contributed by atoms with Crippen molar-refractivity contribution in [2.24, 2.45) is 0 Å². The van der Waals surface area contributed by atoms with Gasteiger partial charge in [0.05, 0.1) is 31.6 Å². The van der Waals surface area contributed by atoms with Crippen molar-refractivity contribution in [1.82, 2.24) is 0 Å². The smallest absolute Gasteiger partial charge is 0.335 e. The third-order valence-corrected chi connectivity index (χ3v) is 4.49. The number of carbonyl (C=O) groups excluding carboxylic acids is 1. The van der Waals surface area contributed by atoms with Crippen LogP contribution < -0.4 is 22.8 Å². The van der Waals surface area contributed by atoms with Crippen LogP contribution in [-0.4, -0.2) is 24.0 Å². The number of hydrogen-bond acceptors (Lipinski definition) is 7. The molecule has 1 heterocycles. The number of aromatic carboxylic acids is 1. The highest BCUT2D eigenvalue weighted by Crippen LogP contribution is 2.49. The fourth-order valence-electron chi connectivity index (χ4n) is 2.06. The first-order chi connectivity index (χ1) is 12.9. The molecule has 0 saturated carbocycles. The molecule has 11 heteroatoms. The maximum absolute atomic E-state index is 11.0. The van der Waals surface area contributed by atoms with Crippen molar-refractivity contribution in [2.75, 3.05) is 7.11 Å². The van der Waals surface area contributed by atoms with Crippen LogP contribution in [0.25, 0.3) is 0 Å². The molecule has 144 valence electrons. The predicted octanol–water partition coefficient (Wildman–Crippen LogP) is 3.90. The van der Waals surface area contributed by atoms with Gasteiger partial charge in [0.15, 0.2) is 28.8 Å². The molecule has 1 aliphatic rings. The van der Waals surface area contributed by atoms with Gasteiger partial charge in [0.2, 0.25) is 5.75 Å². The number of hydrogen-bond donors (Lipinski definition) is 1. The van der Waals surface area contributed by atoms with E-state index in [9.17, 15) is 9.59 Å². The molecule has 3 rings (SSSR count). The van der Waals surface area contributed by atoms with Crippen LogP contribution in [0.3, 0.4) is 0 Å². The van der Waals surface area contributed by atoms with Gasteiger partial charge in [-0.3, -0.25) is 4.79 Å². The van der Waals surface area contributed by atoms with Crippen molar-refractivity contribution in [1.29, 1.82) is 0 Å². The Morgan fingerprint density at radius 1 is 1.00 bits per heavy atom. The molecule has 2 aromatic rings. The van der Waals surface area contributed by atoms with Crippen LogP contribution in [0.15, 0.2) is 30.3 Å². The van der Waals surface area contributed by atoms with E-state index in [1.807, 2.05) is 9.47 Å². The highest BCUT2D eigenvalue weighted by Gasteiger charge is 2.22. The second-order valence-corrected chi connectivity index (χ2v) is 6.10. The molecule has 0 saturated heterocycles. The first-order valence-corrected chi connectivity index (χ1v) is 9.09. The van der Waals surface area contributed by atoms with Gasteiger partial charge in [-0.2, -0.15) is 0 Å². The lowest BCUT2D eigenvalue weighted by Crippen LogP contribution is -1.96. The van der Waals surface area contributed by atoms with Gasteiger partial charge in [-0.1, -0.05) is 0 Å². The monoisotopic (exact) mass is 430 g/mol. The second kappa shape index (κ2) is 9.70. The maximum atomic E-state index is 11.0. The van der Waals surface area contributed by atoms with E-state index in [1.165, 1.54) is 26.2 Å². The van der Waals surface area contributed by atoms with Crippen molar-refractivity contribution < 1.29 is 37.5 Å². The van der Waals surface area contributed by atoms with Crippen LogP contribution in [0.5, 0.6) is 28.7 Å². The third kappa shape index (κ3) is 5.20. The molecule has 0 radical (unpaired) electrons. The number of ketones is 1. The quantitative estimate of drug-likeness (QED) is 0.563. The van der Waals surface area contributed by atoms with E-state index in [-0.39, 0.29) is 20.4 Å². The van der Waals surface area contributed by atoms with E-state index in [2.05, 4.69) is 9.47 Å². The first-order valence-electron chi connectivity index (χ1n) is 7.33. The summed E-state index contributed by atoms with van der Waals surface area (Å²) < 4.78 is 25.1. The zero-order valence-electron chi connectivity index (χ0n) is 14.3. The van der Waals surface area contributed by atoms with Gasteiger partial charge in [-0.05, 0) is 37.3 Å². The van der Waals surface area contributed by atoms with Crippen molar-refractivity contribution in [2.45, 2.75) is 6.92 Å². The number of Topliss-reactive ketones (excluding diaryl/α,β-unsaturated/α-hetero) is 1. The Morgan fingerprint density at radius 3 is 2.22 bits per heavy atom. The lowest BCUT2D eigenvalue weighted by atomic mass is 10.1. The number of benzene rings is 2. The molecular formula is C16H17O8P3. The normalized spacial score (nSPS) is 12.0. The summed E-state index contributed by atoms with van der Waals surface area (Å²) in [5, 5.41) is 8.78. The van der Waals surface area contributed by atoms with Gasteiger partial charge in [0, 0.05) is 5.56 Å². The Hall–Kier alpha value is -2.13. The molecule has 0 amide bonds. The summed E-state index contributed by atoms with van der Waals surface area (Å²) in [5.41, 5.74) is 0.721. The van der Waals surface area contributed by atoms with Gasteiger partial charge in [0.25, 0.3) is 9.03 Å². The Labute approximate surface area is 162 Å². The summed E-state index contributed by atoms with van der Waals surface area (Å²) in [4.78, 5) is 21.7. The van der Waals surface area contributed by atoms with Crippen LogP contribution in [0.1, 0.15) is 27.6 Å². The van der Waals surface area contributed by atoms with E-state index in [1.54, 1.807) is 18.2 Å². The Morgan fingerprint density at radius 2 is 1.67 bits per heavy atom. The van der Waals surface area contributed by atoms with E-state index >= 15 is 0 Å². The molecule has 8 nitrogen and oxygen atoms in total. The summed E-state index contributed by atoms with van der Waals surface area (Å²) in [7, 11) is 5.56. The van der Waals surface area contributed by atoms with E-state index in [0.29, 0.717) is 34.3 Å². The van der Waals surface area contributed by atoms with Gasteiger partial charge in [-0.25, -0.2) is 4.79 Å². The van der Waals surface area contributed by atoms with Crippen LogP contribution >= 0.6 is 28.0 Å². The molecule has 0 bridgehead atoms. The fraction of sp³-hybridized carbons (Fsp3) is 0.125. The Kier molecular flexibility index (Phi) is 7.61. The van der Waals surface area contributed by atoms with Gasteiger partial charge in [-0.15, -0.1) is 0 Å². The summed E-state index contributed by atoms with van der Waals surface area (Å²) in [6.45, 7) is 1.51. The molecular weight excluding hydrogens is 413 g/mol. The van der Waals surface area contributed by atoms with Gasteiger partial charge < -0.3 is 27.9 Å². The standard InChI is InChI=1S/C9H11O3P.C7H6O5P2/c1-6(10)7-3-4-8(12-13)9(5-7)11-2;8-7(9)3-1-4(10-13)6-5(2-3)11-14-12-6/h3-5H,13H2,1-2H3;1-2,14H,13H2,(H,8,9). The van der Waals surface area contributed by atoms with Crippen molar-refractivity contribution >= 4 is 39.7 Å². The fourth-order valence-corrected chi connectivity index (χ4v) is 2.99. The number of methoxy groups -OCH3 is 1. The molecule has 0 aromatic heterocycles. The largest absolute Gasteiger partial charge is 0.493 e. The van der Waals surface area contributed by atoms with Gasteiger partial charge >= 0.3 is 5.97 Å². The minimum absolute atomic E-state index is 0.00797. The number of carbonyl (C=O) groups is 2. The van der Waals surface area contributed by atoms with E-state index in [0.717, 1.165) is 0 Å². The minimum atomic E-state index is -1.03. The second-order valence-electron chi connectivity index (χ2n) is 5.05. The molecule has 1 N–H and O–H groups in total. The molecule has 2 aromatic carbocycles. The molecule has 0 spiro atoms. The number of ether oxygens (including phenoxy) is 1. The van der Waals surface area contributed by atoms with Gasteiger partial charge in [0.1, 0.15) is 0 Å². The zero-order chi connectivity index (χ0) is 20.0. The summed E-state index contributed by atoms with van der Waals surface area (Å²) in [6, 6.07) is 7.84. The predicted molar refractivity (Wildman–Crippen MR) is 107 cm³/mol. The third-order valence-electron chi connectivity index (χ3n) is 3.39. The Balaban J connectivity index is 0.000000194. The van der Waals surface area contributed by atoms with Crippen molar-refractivity contribution in [3.63, 3.8) is 0 Å². The van der Waals surface area contributed by atoms with Crippen molar-refractivity contribution in [3.05, 3.63) is 41.5 Å². The minimum Gasteiger partial charge on any atom is -0.493 e. The average Bonchev–Trinajstić information content (AvgIpc) is 3.15. The number of carboxylic acids is 1. The number of carboxylic acid groups (broad SMARTS) is 1. The SMILES string of the molecule is COc1cc(C(C)=O)ccc1OP.O=C(O)c1cc(OP)c2c(c1)OPO2. The zero-order valence-corrected chi connectivity index (χ0v) is 17.7. The topological polar surface area (TPSA) is 101 Å². The molecule has 3 unspecified atom stereocenters. The summed E-state index contributed by atoms with van der Waals surface area (Å²) in [5.74, 6) is 1.32. The molecule has 0 fully saturated rings. The molecule has 3 atom stereocenters. The lowest BCUT2D eigenvalue weighted by molar-refractivity contribution is 0.0696. The summed E-state index contributed by atoms with van der Waals surface area (Å²) >= 11 is 0. The van der Waals surface area contributed by atoms with E-state index < -0.39 is 5.97 Å². The maximum Gasteiger partial charge on any atom is 0.335 e. The molecule has 0 aliphatic carbocycles. The number of rotatable bonds is 5. The highest BCUT2D eigenvalue weighted by atomic mass is 31.1. The average molecular weight is 430 g/mol. The van der Waals surface area contributed by atoms with Crippen molar-refractivity contribution in [3.8, 4) is 28.7 Å². The van der Waals surface area contributed by atoms with Crippen LogP contribution in [0.4, 0.5) is 0 Å². The van der Waals surface area contributed by atoms with Crippen LogP contribution in [0.2, 0.25) is 0 Å². The molecule has 1 aliphatic heterocycles. The molecule has 27 heavy (non-hydrogen) atoms. The summed E-state index contributed by atoms with van der Waals surface area (Å²) in [6.07, 6.45) is 0.